The number of allylic oxidation sites excluding steroid dienone is 3. The van der Waals surface area contributed by atoms with Crippen LogP contribution in [0.5, 0.6) is 0 Å². The van der Waals surface area contributed by atoms with E-state index in [-0.39, 0.29) is 11.0 Å². The van der Waals surface area contributed by atoms with Crippen molar-refractivity contribution in [2.24, 2.45) is 11.3 Å². The summed E-state index contributed by atoms with van der Waals surface area (Å²) in [6.45, 7) is 9.88. The van der Waals surface area contributed by atoms with E-state index in [4.69, 9.17) is 4.74 Å². The highest BCUT2D eigenvalue weighted by Crippen LogP contribution is 2.40. The fraction of sp³-hybridized carbons (Fsp3) is 0.714. The summed E-state index contributed by atoms with van der Waals surface area (Å²) in [5, 5.41) is 9.40. The van der Waals surface area contributed by atoms with Crippen LogP contribution in [0.2, 0.25) is 0 Å². The summed E-state index contributed by atoms with van der Waals surface area (Å²) >= 11 is 0. The van der Waals surface area contributed by atoms with Gasteiger partial charge in [-0.3, -0.25) is 0 Å². The maximum absolute atomic E-state index is 11.9. The quantitative estimate of drug-likeness (QED) is 0.359. The highest BCUT2D eigenvalue weighted by atomic mass is 16.5. The van der Waals surface area contributed by atoms with Crippen LogP contribution in [0.4, 0.5) is 0 Å². The van der Waals surface area contributed by atoms with Crippen LogP contribution >= 0.6 is 0 Å². The van der Waals surface area contributed by atoms with Crippen molar-refractivity contribution in [2.75, 3.05) is 20.7 Å². The number of hydrogen-bond donors (Lipinski definition) is 0. The summed E-state index contributed by atoms with van der Waals surface area (Å²) in [6, 6.07) is 2.04. The Balaban J connectivity index is 3.09. The average molecular weight is 347 g/mol. The lowest BCUT2D eigenvalue weighted by Gasteiger charge is -2.37. The minimum atomic E-state index is -0.539. The molecule has 0 spiro atoms. The number of carbonyl (C=O) groups is 1. The van der Waals surface area contributed by atoms with Gasteiger partial charge < -0.3 is 9.64 Å². The molecule has 140 valence electrons. The lowest BCUT2D eigenvalue weighted by Crippen LogP contribution is -2.31. The van der Waals surface area contributed by atoms with Gasteiger partial charge in [0.25, 0.3) is 0 Å². The van der Waals surface area contributed by atoms with Crippen LogP contribution in [0.3, 0.4) is 0 Å². The Hall–Kier alpha value is -1.76. The molecule has 1 unspecified atom stereocenters. The standard InChI is InChI=1S/C21H34N2O2/c1-7-9-10-16(8-2)15-23(5)18-11-17(12-21(3,4)13-18)19(14-22)20(24)25-6/h11,16H,7-10,12-13,15H2,1-6H3/b19-17+. The third-order valence-corrected chi connectivity index (χ3v) is 5.06. The molecule has 0 aromatic carbocycles. The van der Waals surface area contributed by atoms with Gasteiger partial charge in [0, 0.05) is 19.3 Å². The van der Waals surface area contributed by atoms with Crippen LogP contribution in [-0.2, 0) is 9.53 Å². The van der Waals surface area contributed by atoms with Gasteiger partial charge in [-0.15, -0.1) is 0 Å². The third-order valence-electron chi connectivity index (χ3n) is 5.06. The first-order valence-electron chi connectivity index (χ1n) is 9.41. The van der Waals surface area contributed by atoms with Crippen LogP contribution < -0.4 is 0 Å². The number of rotatable bonds is 8. The highest BCUT2D eigenvalue weighted by molar-refractivity contribution is 5.94. The second kappa shape index (κ2) is 9.65. The van der Waals surface area contributed by atoms with Gasteiger partial charge in [-0.25, -0.2) is 4.79 Å². The molecule has 1 atom stereocenters. The number of nitrogens with zero attached hydrogens (tertiary/aromatic N) is 2. The molecule has 1 aliphatic carbocycles. The Labute approximate surface area is 153 Å². The van der Waals surface area contributed by atoms with Crippen molar-refractivity contribution in [3.8, 4) is 6.07 Å². The Morgan fingerprint density at radius 3 is 2.60 bits per heavy atom. The number of methoxy groups -OCH3 is 1. The first kappa shape index (κ1) is 21.3. The van der Waals surface area contributed by atoms with E-state index in [0.29, 0.717) is 5.92 Å². The predicted octanol–water partition coefficient (Wildman–Crippen LogP) is 4.83. The molecule has 0 aromatic heterocycles. The zero-order valence-corrected chi connectivity index (χ0v) is 16.8. The second-order valence-corrected chi connectivity index (χ2v) is 7.95. The van der Waals surface area contributed by atoms with Crippen LogP contribution in [0.1, 0.15) is 66.2 Å². The van der Waals surface area contributed by atoms with Crippen molar-refractivity contribution in [1.82, 2.24) is 4.90 Å². The summed E-state index contributed by atoms with van der Waals surface area (Å²) in [6.07, 6.45) is 8.63. The van der Waals surface area contributed by atoms with E-state index in [1.165, 1.54) is 38.5 Å². The molecule has 0 fully saturated rings. The van der Waals surface area contributed by atoms with Gasteiger partial charge in [0.1, 0.15) is 11.6 Å². The van der Waals surface area contributed by atoms with Gasteiger partial charge in [0.05, 0.1) is 7.11 Å². The summed E-state index contributed by atoms with van der Waals surface area (Å²) in [7, 11) is 3.45. The van der Waals surface area contributed by atoms with Crippen molar-refractivity contribution >= 4 is 5.97 Å². The number of nitriles is 1. The largest absolute Gasteiger partial charge is 0.465 e. The van der Waals surface area contributed by atoms with E-state index < -0.39 is 5.97 Å². The van der Waals surface area contributed by atoms with E-state index >= 15 is 0 Å². The van der Waals surface area contributed by atoms with Crippen molar-refractivity contribution < 1.29 is 9.53 Å². The summed E-state index contributed by atoms with van der Waals surface area (Å²) in [4.78, 5) is 14.2. The molecule has 25 heavy (non-hydrogen) atoms. The first-order valence-corrected chi connectivity index (χ1v) is 9.41. The normalized spacial score (nSPS) is 19.5. The Morgan fingerprint density at radius 1 is 1.40 bits per heavy atom. The predicted molar refractivity (Wildman–Crippen MR) is 102 cm³/mol. The Morgan fingerprint density at radius 2 is 2.08 bits per heavy atom. The smallest absolute Gasteiger partial charge is 0.348 e. The van der Waals surface area contributed by atoms with Crippen molar-refractivity contribution in [3.05, 3.63) is 22.9 Å². The monoisotopic (exact) mass is 346 g/mol. The second-order valence-electron chi connectivity index (χ2n) is 7.95. The zero-order valence-electron chi connectivity index (χ0n) is 16.8. The molecule has 1 rings (SSSR count). The number of unbranched alkanes of at least 4 members (excludes halogenated alkanes) is 1. The minimum absolute atomic E-state index is 0.0227. The molecule has 0 bridgehead atoms. The third kappa shape index (κ3) is 6.23. The van der Waals surface area contributed by atoms with Gasteiger partial charge in [-0.05, 0) is 42.2 Å². The molecule has 0 aromatic rings. The number of ether oxygens (including phenoxy) is 1. The van der Waals surface area contributed by atoms with E-state index in [9.17, 15) is 10.1 Å². The van der Waals surface area contributed by atoms with E-state index in [2.05, 4.69) is 39.6 Å². The Kier molecular flexibility index (Phi) is 8.22. The van der Waals surface area contributed by atoms with Crippen LogP contribution in [0.25, 0.3) is 0 Å². The fourth-order valence-electron chi connectivity index (χ4n) is 3.55. The topological polar surface area (TPSA) is 53.3 Å². The fourth-order valence-corrected chi connectivity index (χ4v) is 3.55. The van der Waals surface area contributed by atoms with Crippen molar-refractivity contribution in [2.45, 2.75) is 66.2 Å². The molecular formula is C21H34N2O2. The molecule has 0 amide bonds. The van der Waals surface area contributed by atoms with Gasteiger partial charge in [0.2, 0.25) is 0 Å². The molecule has 4 heteroatoms. The lowest BCUT2D eigenvalue weighted by molar-refractivity contribution is -0.135. The van der Waals surface area contributed by atoms with Crippen LogP contribution in [0.15, 0.2) is 22.9 Å². The van der Waals surface area contributed by atoms with Crippen LogP contribution in [0, 0.1) is 22.7 Å². The molecular weight excluding hydrogens is 312 g/mol. The van der Waals surface area contributed by atoms with Crippen molar-refractivity contribution in [1.29, 1.82) is 5.26 Å². The maximum Gasteiger partial charge on any atom is 0.348 e. The Bertz CT molecular complexity index is 567. The number of hydrogen-bond acceptors (Lipinski definition) is 4. The molecule has 0 radical (unpaired) electrons. The molecule has 4 nitrogen and oxygen atoms in total. The molecule has 0 saturated heterocycles. The summed E-state index contributed by atoms with van der Waals surface area (Å²) in [5.74, 6) is 0.141. The van der Waals surface area contributed by atoms with E-state index in [0.717, 1.165) is 25.0 Å². The van der Waals surface area contributed by atoms with Gasteiger partial charge in [-0.2, -0.15) is 5.26 Å². The maximum atomic E-state index is 11.9. The van der Waals surface area contributed by atoms with Crippen molar-refractivity contribution in [3.63, 3.8) is 0 Å². The van der Waals surface area contributed by atoms with E-state index in [1.54, 1.807) is 0 Å². The van der Waals surface area contributed by atoms with Gasteiger partial charge >= 0.3 is 5.97 Å². The number of esters is 1. The first-order chi connectivity index (χ1) is 11.8. The van der Waals surface area contributed by atoms with Gasteiger partial charge in [0.15, 0.2) is 0 Å². The van der Waals surface area contributed by atoms with Crippen LogP contribution in [-0.4, -0.2) is 31.6 Å². The zero-order chi connectivity index (χ0) is 19.0. The lowest BCUT2D eigenvalue weighted by atomic mass is 9.75. The molecule has 0 N–H and O–H groups in total. The van der Waals surface area contributed by atoms with E-state index in [1.807, 2.05) is 12.1 Å². The SMILES string of the molecule is CCCCC(CC)CN(C)C1=C/C(=C(/C#N)C(=O)OC)CC(C)(C)C1. The molecule has 0 saturated carbocycles. The molecule has 0 heterocycles. The average Bonchev–Trinajstić information content (AvgIpc) is 2.57. The summed E-state index contributed by atoms with van der Waals surface area (Å²) in [5.41, 5.74) is 2.17. The highest BCUT2D eigenvalue weighted by Gasteiger charge is 2.30. The van der Waals surface area contributed by atoms with Gasteiger partial charge in [-0.1, -0.05) is 47.0 Å². The summed E-state index contributed by atoms with van der Waals surface area (Å²) < 4.78 is 4.78. The number of carbonyl (C=O) groups excluding carboxylic acids is 1. The molecule has 0 aliphatic heterocycles. The minimum Gasteiger partial charge on any atom is -0.465 e. The molecule has 1 aliphatic rings.